The van der Waals surface area contributed by atoms with Crippen molar-refractivity contribution in [1.29, 1.82) is 5.41 Å². The van der Waals surface area contributed by atoms with Crippen LogP contribution in [0.2, 0.25) is 0 Å². The molecule has 0 radical (unpaired) electrons. The van der Waals surface area contributed by atoms with Crippen LogP contribution in [0.5, 0.6) is 0 Å². The van der Waals surface area contributed by atoms with Crippen molar-refractivity contribution in [3.63, 3.8) is 0 Å². The van der Waals surface area contributed by atoms with Crippen molar-refractivity contribution in [2.24, 2.45) is 17.6 Å². The van der Waals surface area contributed by atoms with Crippen molar-refractivity contribution in [3.05, 3.63) is 71.8 Å². The molecule has 3 heteroatoms. The van der Waals surface area contributed by atoms with E-state index in [1.54, 1.807) is 0 Å². The molecule has 1 atom stereocenters. The molecule has 0 heterocycles. The molecule has 2 aromatic rings. The second kappa shape index (κ2) is 8.11. The van der Waals surface area contributed by atoms with Crippen LogP contribution >= 0.6 is 0 Å². The highest BCUT2D eigenvalue weighted by molar-refractivity contribution is 5.80. The Hall–Kier alpha value is -2.13. The zero-order valence-corrected chi connectivity index (χ0v) is 14.2. The van der Waals surface area contributed by atoms with Gasteiger partial charge in [-0.25, -0.2) is 0 Å². The van der Waals surface area contributed by atoms with E-state index in [9.17, 15) is 0 Å². The minimum absolute atomic E-state index is 0.186. The van der Waals surface area contributed by atoms with Gasteiger partial charge in [0.1, 0.15) is 0 Å². The summed E-state index contributed by atoms with van der Waals surface area (Å²) in [5.41, 5.74) is 8.56. The minimum Gasteiger partial charge on any atom is -0.387 e. The van der Waals surface area contributed by atoms with Crippen LogP contribution in [0.1, 0.15) is 30.4 Å². The lowest BCUT2D eigenvalue weighted by atomic mass is 9.75. The maximum absolute atomic E-state index is 8.02. The van der Waals surface area contributed by atoms with Crippen LogP contribution in [0.15, 0.2) is 60.7 Å². The van der Waals surface area contributed by atoms with Gasteiger partial charge in [0, 0.05) is 25.6 Å². The second-order valence-electron chi connectivity index (χ2n) is 6.89. The Morgan fingerprint density at radius 3 is 1.83 bits per heavy atom. The molecule has 0 saturated heterocycles. The first-order valence-corrected chi connectivity index (χ1v) is 8.86. The predicted molar refractivity (Wildman–Crippen MR) is 99.7 cm³/mol. The molecule has 0 amide bonds. The topological polar surface area (TPSA) is 53.1 Å². The molecule has 0 bridgehead atoms. The van der Waals surface area contributed by atoms with E-state index < -0.39 is 0 Å². The highest BCUT2D eigenvalue weighted by atomic mass is 15.1. The summed E-state index contributed by atoms with van der Waals surface area (Å²) in [7, 11) is 0. The van der Waals surface area contributed by atoms with Crippen LogP contribution in [-0.2, 0) is 13.1 Å². The molecule has 3 rings (SSSR count). The number of benzene rings is 2. The van der Waals surface area contributed by atoms with Crippen LogP contribution in [0.4, 0.5) is 0 Å². The summed E-state index contributed by atoms with van der Waals surface area (Å²) < 4.78 is 0. The van der Waals surface area contributed by atoms with Gasteiger partial charge < -0.3 is 5.73 Å². The third-order valence-electron chi connectivity index (χ3n) is 5.07. The molecular formula is C21H27N3. The highest BCUT2D eigenvalue weighted by Crippen LogP contribution is 2.34. The maximum atomic E-state index is 8.02. The molecule has 126 valence electrons. The molecule has 3 N–H and O–H groups in total. The van der Waals surface area contributed by atoms with Crippen LogP contribution in [-0.4, -0.2) is 17.3 Å². The van der Waals surface area contributed by atoms with Gasteiger partial charge in [-0.3, -0.25) is 10.3 Å². The third-order valence-corrected chi connectivity index (χ3v) is 5.07. The van der Waals surface area contributed by atoms with E-state index in [2.05, 4.69) is 65.6 Å². The zero-order valence-electron chi connectivity index (χ0n) is 14.2. The van der Waals surface area contributed by atoms with E-state index in [0.29, 0.717) is 11.8 Å². The zero-order chi connectivity index (χ0) is 16.8. The van der Waals surface area contributed by atoms with Crippen LogP contribution in [0.3, 0.4) is 0 Å². The molecule has 1 saturated carbocycles. The Kier molecular flexibility index (Phi) is 5.65. The molecule has 24 heavy (non-hydrogen) atoms. The Bertz CT molecular complexity index is 593. The van der Waals surface area contributed by atoms with E-state index in [0.717, 1.165) is 19.6 Å². The Morgan fingerprint density at radius 1 is 0.958 bits per heavy atom. The van der Waals surface area contributed by atoms with E-state index in [1.165, 1.54) is 30.4 Å². The van der Waals surface area contributed by atoms with Gasteiger partial charge in [-0.15, -0.1) is 0 Å². The summed E-state index contributed by atoms with van der Waals surface area (Å²) in [6.45, 7) is 2.66. The van der Waals surface area contributed by atoms with Crippen molar-refractivity contribution in [1.82, 2.24) is 4.90 Å². The van der Waals surface area contributed by atoms with Crippen molar-refractivity contribution >= 4 is 5.84 Å². The number of amidine groups is 1. The van der Waals surface area contributed by atoms with Gasteiger partial charge in [-0.05, 0) is 29.9 Å². The molecule has 1 aliphatic rings. The van der Waals surface area contributed by atoms with E-state index >= 15 is 0 Å². The number of nitrogens with one attached hydrogen (secondary N) is 1. The van der Waals surface area contributed by atoms with E-state index in [-0.39, 0.29) is 5.92 Å². The largest absolute Gasteiger partial charge is 0.387 e. The lowest BCUT2D eigenvalue weighted by Crippen LogP contribution is -2.41. The quantitative estimate of drug-likeness (QED) is 0.569. The number of hydrogen-bond acceptors (Lipinski definition) is 2. The fourth-order valence-electron chi connectivity index (χ4n) is 3.49. The molecule has 0 aliphatic heterocycles. The summed E-state index contributed by atoms with van der Waals surface area (Å²) >= 11 is 0. The number of nitrogens with zero attached hydrogens (tertiary/aromatic N) is 1. The number of rotatable bonds is 8. The summed E-state index contributed by atoms with van der Waals surface area (Å²) in [5, 5.41) is 8.02. The summed E-state index contributed by atoms with van der Waals surface area (Å²) in [5.74, 6) is 1.13. The van der Waals surface area contributed by atoms with E-state index in [4.69, 9.17) is 11.1 Å². The molecule has 3 nitrogen and oxygen atoms in total. The van der Waals surface area contributed by atoms with Gasteiger partial charge in [-0.2, -0.15) is 0 Å². The number of nitrogens with two attached hydrogens (primary N) is 1. The average molecular weight is 321 g/mol. The highest BCUT2D eigenvalue weighted by Gasteiger charge is 2.30. The standard InChI is InChI=1S/C21H27N3/c22-21(23)20(19-12-7-13-19)16-24(14-17-8-3-1-4-9-17)15-18-10-5-2-6-11-18/h1-6,8-11,19-20H,7,12-16H2,(H3,22,23). The fraction of sp³-hybridized carbons (Fsp3) is 0.381. The van der Waals surface area contributed by atoms with Crippen molar-refractivity contribution < 1.29 is 0 Å². The van der Waals surface area contributed by atoms with Gasteiger partial charge in [-0.1, -0.05) is 67.1 Å². The summed E-state index contributed by atoms with van der Waals surface area (Å²) in [6, 6.07) is 21.1. The molecule has 1 aliphatic carbocycles. The number of hydrogen-bond donors (Lipinski definition) is 2. The van der Waals surface area contributed by atoms with Crippen molar-refractivity contribution in [3.8, 4) is 0 Å². The van der Waals surface area contributed by atoms with Crippen molar-refractivity contribution in [2.45, 2.75) is 32.4 Å². The Labute approximate surface area is 145 Å². The molecule has 0 aromatic heterocycles. The third kappa shape index (κ3) is 4.45. The molecular weight excluding hydrogens is 294 g/mol. The first-order chi connectivity index (χ1) is 11.7. The first-order valence-electron chi connectivity index (χ1n) is 8.86. The maximum Gasteiger partial charge on any atom is 0.0952 e. The molecule has 2 aromatic carbocycles. The first kappa shape index (κ1) is 16.7. The monoisotopic (exact) mass is 321 g/mol. The lowest BCUT2D eigenvalue weighted by molar-refractivity contribution is 0.167. The summed E-state index contributed by atoms with van der Waals surface area (Å²) in [6.07, 6.45) is 3.72. The van der Waals surface area contributed by atoms with Gasteiger partial charge in [0.15, 0.2) is 0 Å². The van der Waals surface area contributed by atoms with Crippen molar-refractivity contribution in [2.75, 3.05) is 6.54 Å². The van der Waals surface area contributed by atoms with E-state index in [1.807, 2.05) is 0 Å². The lowest BCUT2D eigenvalue weighted by Gasteiger charge is -2.36. The van der Waals surface area contributed by atoms with Gasteiger partial charge in [0.25, 0.3) is 0 Å². The molecule has 1 fully saturated rings. The predicted octanol–water partition coefficient (Wildman–Crippen LogP) is 4.04. The van der Waals surface area contributed by atoms with Crippen LogP contribution < -0.4 is 5.73 Å². The van der Waals surface area contributed by atoms with Gasteiger partial charge >= 0.3 is 0 Å². The van der Waals surface area contributed by atoms with Crippen LogP contribution in [0.25, 0.3) is 0 Å². The van der Waals surface area contributed by atoms with Gasteiger partial charge in [0.2, 0.25) is 0 Å². The normalized spacial score (nSPS) is 15.9. The van der Waals surface area contributed by atoms with Crippen LogP contribution in [0, 0.1) is 17.2 Å². The smallest absolute Gasteiger partial charge is 0.0952 e. The average Bonchev–Trinajstić information content (AvgIpc) is 2.54. The molecule has 0 spiro atoms. The Morgan fingerprint density at radius 2 is 1.46 bits per heavy atom. The SMILES string of the molecule is N=C(N)C(CN(Cc1ccccc1)Cc1ccccc1)C1CCC1. The summed E-state index contributed by atoms with van der Waals surface area (Å²) in [4.78, 5) is 2.44. The molecule has 1 unspecified atom stereocenters. The van der Waals surface area contributed by atoms with Gasteiger partial charge in [0.05, 0.1) is 5.84 Å². The second-order valence-corrected chi connectivity index (χ2v) is 6.89. The Balaban J connectivity index is 1.73. The fourth-order valence-corrected chi connectivity index (χ4v) is 3.49. The minimum atomic E-state index is 0.186.